The Bertz CT molecular complexity index is 660. The molecule has 3 heterocycles. The summed E-state index contributed by atoms with van der Waals surface area (Å²) in [7, 11) is 0. The van der Waals surface area contributed by atoms with Crippen molar-refractivity contribution < 1.29 is 0 Å². The fraction of sp³-hybridized carbons (Fsp3) is 0.615. The molecule has 0 aliphatic carbocycles. The van der Waals surface area contributed by atoms with Crippen LogP contribution in [0.25, 0.3) is 5.65 Å². The van der Waals surface area contributed by atoms with E-state index in [1.165, 1.54) is 17.4 Å². The lowest BCUT2D eigenvalue weighted by molar-refractivity contribution is 0.345. The van der Waals surface area contributed by atoms with E-state index in [0.717, 1.165) is 25.5 Å². The predicted molar refractivity (Wildman–Crippen MR) is 77.1 cm³/mol. The van der Waals surface area contributed by atoms with Gasteiger partial charge in [0.25, 0.3) is 0 Å². The molecule has 1 fully saturated rings. The number of anilines is 1. The zero-order valence-electron chi connectivity index (χ0n) is 11.9. The van der Waals surface area contributed by atoms with Crippen molar-refractivity contribution in [3.05, 3.63) is 22.4 Å². The molecule has 1 atom stereocenters. The van der Waals surface area contributed by atoms with Crippen molar-refractivity contribution in [2.45, 2.75) is 20.3 Å². The maximum absolute atomic E-state index is 11.5. The standard InChI is InChI=1S/C13H20N6O/c1-3-18-5-4-10(8-18)7-14-11-6-12-16-17-13(20)19(12)9(2)15-11/h6,10,14H,3-5,7-8H2,1-2H3,(H,17,20). The molecule has 2 aromatic heterocycles. The van der Waals surface area contributed by atoms with Crippen LogP contribution in [0.2, 0.25) is 0 Å². The molecule has 1 unspecified atom stereocenters. The van der Waals surface area contributed by atoms with Gasteiger partial charge in [-0.2, -0.15) is 5.10 Å². The fourth-order valence-corrected chi connectivity index (χ4v) is 2.80. The largest absolute Gasteiger partial charge is 0.370 e. The smallest absolute Gasteiger partial charge is 0.349 e. The van der Waals surface area contributed by atoms with Gasteiger partial charge < -0.3 is 10.2 Å². The Kier molecular flexibility index (Phi) is 3.43. The first-order valence-corrected chi connectivity index (χ1v) is 7.08. The van der Waals surface area contributed by atoms with Crippen LogP contribution in [-0.2, 0) is 0 Å². The number of aromatic amines is 1. The van der Waals surface area contributed by atoms with Gasteiger partial charge in [0, 0.05) is 19.2 Å². The lowest BCUT2D eigenvalue weighted by Crippen LogP contribution is -2.23. The van der Waals surface area contributed by atoms with Gasteiger partial charge in [0.05, 0.1) is 0 Å². The van der Waals surface area contributed by atoms with Gasteiger partial charge in [0.15, 0.2) is 5.65 Å². The molecule has 0 spiro atoms. The Morgan fingerprint density at radius 2 is 2.40 bits per heavy atom. The second-order valence-electron chi connectivity index (χ2n) is 5.34. The highest BCUT2D eigenvalue weighted by molar-refractivity contribution is 5.49. The highest BCUT2D eigenvalue weighted by atomic mass is 16.1. The number of fused-ring (bicyclic) bond motifs is 1. The molecule has 108 valence electrons. The number of hydrogen-bond acceptors (Lipinski definition) is 5. The van der Waals surface area contributed by atoms with Crippen molar-refractivity contribution in [2.75, 3.05) is 31.5 Å². The Balaban J connectivity index is 1.70. The topological polar surface area (TPSA) is 78.3 Å². The van der Waals surface area contributed by atoms with Crippen molar-refractivity contribution in [3.8, 4) is 0 Å². The number of hydrogen-bond donors (Lipinski definition) is 2. The summed E-state index contributed by atoms with van der Waals surface area (Å²) in [6, 6.07) is 1.80. The van der Waals surface area contributed by atoms with Crippen LogP contribution in [0.1, 0.15) is 19.2 Å². The van der Waals surface area contributed by atoms with Crippen molar-refractivity contribution in [1.82, 2.24) is 24.5 Å². The van der Waals surface area contributed by atoms with Crippen LogP contribution in [-0.4, -0.2) is 50.7 Å². The van der Waals surface area contributed by atoms with Gasteiger partial charge in [-0.05, 0) is 32.4 Å². The Morgan fingerprint density at radius 1 is 1.55 bits per heavy atom. The van der Waals surface area contributed by atoms with Crippen LogP contribution in [0.3, 0.4) is 0 Å². The minimum atomic E-state index is -0.245. The first-order chi connectivity index (χ1) is 9.67. The third kappa shape index (κ3) is 2.40. The molecule has 0 saturated carbocycles. The zero-order valence-corrected chi connectivity index (χ0v) is 11.9. The number of nitrogens with one attached hydrogen (secondary N) is 2. The molecular formula is C13H20N6O. The molecule has 2 aromatic rings. The summed E-state index contributed by atoms with van der Waals surface area (Å²) in [4.78, 5) is 18.4. The average Bonchev–Trinajstić information content (AvgIpc) is 3.03. The first-order valence-electron chi connectivity index (χ1n) is 7.08. The number of aromatic nitrogens is 4. The van der Waals surface area contributed by atoms with Gasteiger partial charge in [0.1, 0.15) is 11.6 Å². The molecule has 0 amide bonds. The van der Waals surface area contributed by atoms with Crippen LogP contribution in [0, 0.1) is 12.8 Å². The third-order valence-corrected chi connectivity index (χ3v) is 3.96. The van der Waals surface area contributed by atoms with E-state index in [9.17, 15) is 4.79 Å². The Hall–Kier alpha value is -1.89. The fourth-order valence-electron chi connectivity index (χ4n) is 2.80. The van der Waals surface area contributed by atoms with Crippen LogP contribution in [0.15, 0.2) is 10.9 Å². The highest BCUT2D eigenvalue weighted by Crippen LogP contribution is 2.16. The normalized spacial score (nSPS) is 19.8. The zero-order chi connectivity index (χ0) is 14.1. The second kappa shape index (κ2) is 5.24. The monoisotopic (exact) mass is 276 g/mol. The highest BCUT2D eigenvalue weighted by Gasteiger charge is 2.20. The number of rotatable bonds is 4. The predicted octanol–water partition coefficient (Wildman–Crippen LogP) is 0.480. The second-order valence-corrected chi connectivity index (χ2v) is 5.34. The summed E-state index contributed by atoms with van der Waals surface area (Å²) in [5.74, 6) is 2.09. The molecule has 0 aromatic carbocycles. The molecule has 20 heavy (non-hydrogen) atoms. The average molecular weight is 276 g/mol. The quantitative estimate of drug-likeness (QED) is 0.849. The molecule has 2 N–H and O–H groups in total. The molecule has 1 aliphatic rings. The van der Waals surface area contributed by atoms with Crippen LogP contribution in [0.4, 0.5) is 5.82 Å². The summed E-state index contributed by atoms with van der Waals surface area (Å²) in [5.41, 5.74) is 0.359. The van der Waals surface area contributed by atoms with Crippen LogP contribution >= 0.6 is 0 Å². The number of aryl methyl sites for hydroxylation is 1. The summed E-state index contributed by atoms with van der Waals surface area (Å²) in [6.07, 6.45) is 1.23. The minimum absolute atomic E-state index is 0.245. The molecule has 0 bridgehead atoms. The van der Waals surface area contributed by atoms with Crippen LogP contribution in [0.5, 0.6) is 0 Å². The summed E-state index contributed by atoms with van der Waals surface area (Å²) in [6.45, 7) is 8.37. The van der Waals surface area contributed by atoms with Crippen molar-refractivity contribution in [2.24, 2.45) is 5.92 Å². The van der Waals surface area contributed by atoms with Gasteiger partial charge in [-0.1, -0.05) is 6.92 Å². The van der Waals surface area contributed by atoms with E-state index in [4.69, 9.17) is 0 Å². The molecule has 1 saturated heterocycles. The Labute approximate surface area is 117 Å². The van der Waals surface area contributed by atoms with E-state index >= 15 is 0 Å². The van der Waals surface area contributed by atoms with Gasteiger partial charge in [-0.15, -0.1) is 0 Å². The molecule has 7 heteroatoms. The first kappa shape index (κ1) is 13.1. The minimum Gasteiger partial charge on any atom is -0.370 e. The summed E-state index contributed by atoms with van der Waals surface area (Å²) >= 11 is 0. The SMILES string of the molecule is CCN1CCC(CNc2cc3n[nH]c(=O)n3c(C)n2)C1. The number of likely N-dealkylation sites (tertiary alicyclic amines) is 1. The molecule has 7 nitrogen and oxygen atoms in total. The molecule has 1 aliphatic heterocycles. The van der Waals surface area contributed by atoms with E-state index in [1.807, 2.05) is 6.92 Å². The molecule has 3 rings (SSSR count). The number of H-pyrrole nitrogens is 1. The van der Waals surface area contributed by atoms with E-state index in [-0.39, 0.29) is 5.69 Å². The molecular weight excluding hydrogens is 256 g/mol. The summed E-state index contributed by atoms with van der Waals surface area (Å²) in [5, 5.41) is 9.79. The van der Waals surface area contributed by atoms with Gasteiger partial charge >= 0.3 is 5.69 Å². The molecule has 0 radical (unpaired) electrons. The van der Waals surface area contributed by atoms with Crippen LogP contribution < -0.4 is 11.0 Å². The van der Waals surface area contributed by atoms with Gasteiger partial charge in [-0.3, -0.25) is 0 Å². The van der Waals surface area contributed by atoms with E-state index < -0.39 is 0 Å². The lowest BCUT2D eigenvalue weighted by atomic mass is 10.1. The third-order valence-electron chi connectivity index (χ3n) is 3.96. The Morgan fingerprint density at radius 3 is 3.15 bits per heavy atom. The summed E-state index contributed by atoms with van der Waals surface area (Å²) < 4.78 is 1.47. The van der Waals surface area contributed by atoms with Gasteiger partial charge in [0.2, 0.25) is 0 Å². The maximum Gasteiger partial charge on any atom is 0.349 e. The number of nitrogens with zero attached hydrogens (tertiary/aromatic N) is 4. The van der Waals surface area contributed by atoms with Crippen molar-refractivity contribution >= 4 is 11.5 Å². The van der Waals surface area contributed by atoms with Crippen molar-refractivity contribution in [3.63, 3.8) is 0 Å². The van der Waals surface area contributed by atoms with Crippen molar-refractivity contribution in [1.29, 1.82) is 0 Å². The lowest BCUT2D eigenvalue weighted by Gasteiger charge is -2.14. The van der Waals surface area contributed by atoms with E-state index in [2.05, 4.69) is 32.3 Å². The van der Waals surface area contributed by atoms with E-state index in [0.29, 0.717) is 17.4 Å². The maximum atomic E-state index is 11.5. The van der Waals surface area contributed by atoms with E-state index in [1.54, 1.807) is 6.07 Å². The van der Waals surface area contributed by atoms with Gasteiger partial charge in [-0.25, -0.2) is 19.3 Å².